The van der Waals surface area contributed by atoms with E-state index in [0.717, 1.165) is 0 Å². The third-order valence-corrected chi connectivity index (χ3v) is 4.21. The SMILES string of the molecule is CC(=O)N[C@H]1CO[C@H]2[C@@H]1OC[C@@H]2NC(=O)c1cnc(C(C)C)nc1. The van der Waals surface area contributed by atoms with Gasteiger partial charge in [0.2, 0.25) is 5.91 Å². The molecular weight excluding hydrogens is 312 g/mol. The molecule has 8 nitrogen and oxygen atoms in total. The molecule has 0 saturated carbocycles. The number of hydrogen-bond acceptors (Lipinski definition) is 6. The van der Waals surface area contributed by atoms with Crippen molar-refractivity contribution >= 4 is 11.8 Å². The predicted octanol–water partition coefficient (Wildman–Crippen LogP) is 0.000700. The van der Waals surface area contributed by atoms with E-state index in [1.165, 1.54) is 19.3 Å². The Morgan fingerprint density at radius 2 is 1.62 bits per heavy atom. The highest BCUT2D eigenvalue weighted by Gasteiger charge is 2.48. The van der Waals surface area contributed by atoms with Crippen LogP contribution in [0.25, 0.3) is 0 Å². The zero-order valence-electron chi connectivity index (χ0n) is 14.0. The zero-order valence-corrected chi connectivity index (χ0v) is 14.0. The van der Waals surface area contributed by atoms with Crippen LogP contribution in [0.1, 0.15) is 42.9 Å². The molecule has 0 radical (unpaired) electrons. The standard InChI is InChI=1S/C16H22N4O4/c1-8(2)15-17-4-10(5-18-15)16(22)20-12-7-24-13-11(19-9(3)21)6-23-14(12)13/h4-5,8,11-14H,6-7H2,1-3H3,(H,19,21)(H,20,22)/t11-,12-,13+,14+/m0/s1. The molecule has 0 unspecified atom stereocenters. The maximum atomic E-state index is 12.4. The Labute approximate surface area is 140 Å². The molecule has 3 heterocycles. The van der Waals surface area contributed by atoms with Gasteiger partial charge in [-0.05, 0) is 0 Å². The molecule has 0 bridgehead atoms. The van der Waals surface area contributed by atoms with Gasteiger partial charge >= 0.3 is 0 Å². The predicted molar refractivity (Wildman–Crippen MR) is 84.5 cm³/mol. The summed E-state index contributed by atoms with van der Waals surface area (Å²) in [6.45, 7) is 6.18. The molecule has 24 heavy (non-hydrogen) atoms. The monoisotopic (exact) mass is 334 g/mol. The maximum absolute atomic E-state index is 12.4. The minimum absolute atomic E-state index is 0.122. The van der Waals surface area contributed by atoms with Gasteiger partial charge in [0.05, 0.1) is 30.9 Å². The number of carbonyl (C=O) groups is 2. The van der Waals surface area contributed by atoms with Crippen LogP contribution in [0.3, 0.4) is 0 Å². The van der Waals surface area contributed by atoms with E-state index in [2.05, 4.69) is 20.6 Å². The van der Waals surface area contributed by atoms with Crippen LogP contribution >= 0.6 is 0 Å². The molecule has 2 N–H and O–H groups in total. The number of nitrogens with one attached hydrogen (secondary N) is 2. The summed E-state index contributed by atoms with van der Waals surface area (Å²) in [6.07, 6.45) is 2.56. The second-order valence-corrected chi connectivity index (χ2v) is 6.47. The number of carbonyl (C=O) groups excluding carboxylic acids is 2. The Morgan fingerprint density at radius 3 is 2.12 bits per heavy atom. The zero-order chi connectivity index (χ0) is 17.3. The van der Waals surface area contributed by atoms with E-state index in [-0.39, 0.29) is 42.0 Å². The number of amides is 2. The normalized spacial score (nSPS) is 28.7. The van der Waals surface area contributed by atoms with E-state index in [9.17, 15) is 9.59 Å². The Morgan fingerprint density at radius 1 is 1.08 bits per heavy atom. The number of ether oxygens (including phenoxy) is 2. The van der Waals surface area contributed by atoms with Crippen molar-refractivity contribution < 1.29 is 19.1 Å². The molecule has 4 atom stereocenters. The van der Waals surface area contributed by atoms with Gasteiger partial charge in [0.25, 0.3) is 5.91 Å². The highest BCUT2D eigenvalue weighted by molar-refractivity contribution is 5.93. The van der Waals surface area contributed by atoms with Gasteiger partial charge in [0, 0.05) is 25.2 Å². The van der Waals surface area contributed by atoms with Gasteiger partial charge < -0.3 is 20.1 Å². The number of nitrogens with zero attached hydrogens (tertiary/aromatic N) is 2. The summed E-state index contributed by atoms with van der Waals surface area (Å²) in [7, 11) is 0. The van der Waals surface area contributed by atoms with Crippen molar-refractivity contribution in [3.05, 3.63) is 23.8 Å². The molecule has 2 aliphatic rings. The van der Waals surface area contributed by atoms with Crippen molar-refractivity contribution in [1.82, 2.24) is 20.6 Å². The molecule has 0 spiro atoms. The summed E-state index contributed by atoms with van der Waals surface area (Å²) in [5.74, 6) is 0.533. The van der Waals surface area contributed by atoms with Gasteiger partial charge in [-0.2, -0.15) is 0 Å². The van der Waals surface area contributed by atoms with E-state index in [4.69, 9.17) is 9.47 Å². The fraction of sp³-hybridized carbons (Fsp3) is 0.625. The molecule has 130 valence electrons. The maximum Gasteiger partial charge on any atom is 0.254 e. The second-order valence-electron chi connectivity index (χ2n) is 6.47. The molecule has 8 heteroatoms. The van der Waals surface area contributed by atoms with Gasteiger partial charge in [0.15, 0.2) is 0 Å². The first-order valence-electron chi connectivity index (χ1n) is 8.09. The molecule has 0 aromatic carbocycles. The topological polar surface area (TPSA) is 102 Å². The Bertz CT molecular complexity index is 619. The molecule has 0 aliphatic carbocycles. The fourth-order valence-electron chi connectivity index (χ4n) is 3.01. The van der Waals surface area contributed by atoms with Gasteiger partial charge in [0.1, 0.15) is 18.0 Å². The molecule has 1 aromatic rings. The van der Waals surface area contributed by atoms with E-state index in [1.807, 2.05) is 13.8 Å². The fourth-order valence-corrected chi connectivity index (χ4v) is 3.01. The van der Waals surface area contributed by atoms with Crippen molar-refractivity contribution in [2.45, 2.75) is 51.0 Å². The number of rotatable bonds is 4. The average molecular weight is 334 g/mol. The molecule has 2 saturated heterocycles. The summed E-state index contributed by atoms with van der Waals surface area (Å²) < 4.78 is 11.4. The molecule has 2 amide bonds. The van der Waals surface area contributed by atoms with Crippen LogP contribution in [0, 0.1) is 0 Å². The number of hydrogen-bond donors (Lipinski definition) is 2. The van der Waals surface area contributed by atoms with Crippen LogP contribution in [-0.2, 0) is 14.3 Å². The van der Waals surface area contributed by atoms with E-state index >= 15 is 0 Å². The lowest BCUT2D eigenvalue weighted by atomic mass is 10.1. The molecule has 2 aliphatic heterocycles. The van der Waals surface area contributed by atoms with Crippen molar-refractivity contribution in [3.8, 4) is 0 Å². The Kier molecular flexibility index (Phi) is 4.77. The van der Waals surface area contributed by atoms with Crippen molar-refractivity contribution in [3.63, 3.8) is 0 Å². The summed E-state index contributed by atoms with van der Waals surface area (Å²) in [5, 5.41) is 5.72. The smallest absolute Gasteiger partial charge is 0.254 e. The quantitative estimate of drug-likeness (QED) is 0.803. The summed E-state index contributed by atoms with van der Waals surface area (Å²) in [6, 6.07) is -0.436. The van der Waals surface area contributed by atoms with E-state index in [1.54, 1.807) is 0 Å². The molecule has 1 aromatic heterocycles. The Balaban J connectivity index is 1.60. The van der Waals surface area contributed by atoms with Crippen molar-refractivity contribution in [2.24, 2.45) is 0 Å². The minimum Gasteiger partial charge on any atom is -0.371 e. The highest BCUT2D eigenvalue weighted by Crippen LogP contribution is 2.27. The first-order chi connectivity index (χ1) is 11.5. The van der Waals surface area contributed by atoms with Crippen LogP contribution < -0.4 is 10.6 Å². The van der Waals surface area contributed by atoms with Crippen LogP contribution in [0.15, 0.2) is 12.4 Å². The first-order valence-corrected chi connectivity index (χ1v) is 8.09. The highest BCUT2D eigenvalue weighted by atomic mass is 16.6. The van der Waals surface area contributed by atoms with Crippen LogP contribution in [-0.4, -0.2) is 59.3 Å². The lowest BCUT2D eigenvalue weighted by molar-refractivity contribution is -0.120. The van der Waals surface area contributed by atoms with Crippen LogP contribution in [0.2, 0.25) is 0 Å². The Hall–Kier alpha value is -2.06. The summed E-state index contributed by atoms with van der Waals surface area (Å²) >= 11 is 0. The minimum atomic E-state index is -0.262. The molecule has 2 fully saturated rings. The average Bonchev–Trinajstić information content (AvgIpc) is 3.11. The summed E-state index contributed by atoms with van der Waals surface area (Å²) in [4.78, 5) is 32.0. The largest absolute Gasteiger partial charge is 0.371 e. The van der Waals surface area contributed by atoms with E-state index in [0.29, 0.717) is 24.6 Å². The van der Waals surface area contributed by atoms with Gasteiger partial charge in [-0.25, -0.2) is 9.97 Å². The molecule has 3 rings (SSSR count). The second kappa shape index (κ2) is 6.82. The third-order valence-electron chi connectivity index (χ3n) is 4.21. The van der Waals surface area contributed by atoms with Gasteiger partial charge in [-0.15, -0.1) is 0 Å². The van der Waals surface area contributed by atoms with Crippen molar-refractivity contribution in [1.29, 1.82) is 0 Å². The lowest BCUT2D eigenvalue weighted by Gasteiger charge is -2.18. The third kappa shape index (κ3) is 3.39. The van der Waals surface area contributed by atoms with Crippen molar-refractivity contribution in [2.75, 3.05) is 13.2 Å². The number of fused-ring (bicyclic) bond motifs is 1. The number of aromatic nitrogens is 2. The van der Waals surface area contributed by atoms with Gasteiger partial charge in [-0.1, -0.05) is 13.8 Å². The summed E-state index contributed by atoms with van der Waals surface area (Å²) in [5.41, 5.74) is 0.402. The van der Waals surface area contributed by atoms with E-state index < -0.39 is 0 Å². The van der Waals surface area contributed by atoms with Crippen LogP contribution in [0.4, 0.5) is 0 Å². The molecular formula is C16H22N4O4. The van der Waals surface area contributed by atoms with Gasteiger partial charge in [-0.3, -0.25) is 9.59 Å². The van der Waals surface area contributed by atoms with Crippen LogP contribution in [0.5, 0.6) is 0 Å². The first kappa shape index (κ1) is 16.8. The lowest BCUT2D eigenvalue weighted by Crippen LogP contribution is -2.46.